The van der Waals surface area contributed by atoms with Crippen LogP contribution in [0.2, 0.25) is 0 Å². The van der Waals surface area contributed by atoms with Crippen LogP contribution in [0.15, 0.2) is 0 Å². The maximum absolute atomic E-state index is 11.9. The molecule has 0 rings (SSSR count). The molecular formula is C13H25N3O4. The highest BCUT2D eigenvalue weighted by atomic mass is 16.4. The maximum atomic E-state index is 11.9. The Labute approximate surface area is 119 Å². The quantitative estimate of drug-likeness (QED) is 0.610. The van der Waals surface area contributed by atoms with E-state index in [1.807, 2.05) is 13.8 Å². The second-order valence-corrected chi connectivity index (χ2v) is 4.79. The summed E-state index contributed by atoms with van der Waals surface area (Å²) in [5.41, 5.74) is 0. The van der Waals surface area contributed by atoms with Gasteiger partial charge in [0.2, 0.25) is 5.91 Å². The first-order valence-electron chi connectivity index (χ1n) is 6.86. The summed E-state index contributed by atoms with van der Waals surface area (Å²) in [6.45, 7) is 8.56. The molecule has 3 amide bonds. The summed E-state index contributed by atoms with van der Waals surface area (Å²) < 4.78 is 0. The third-order valence-corrected chi connectivity index (χ3v) is 2.93. The van der Waals surface area contributed by atoms with Crippen LogP contribution in [0.25, 0.3) is 0 Å². The fourth-order valence-electron chi connectivity index (χ4n) is 1.76. The standard InChI is InChI=1S/C13H25N3O4/c1-5-16(6-2)12(19)10(4)15-13(20)14-8-9(3)7-11(17)18/h9-10H,5-8H2,1-4H3,(H,17,18)(H2,14,15,20). The van der Waals surface area contributed by atoms with E-state index in [4.69, 9.17) is 5.11 Å². The van der Waals surface area contributed by atoms with Gasteiger partial charge in [0.15, 0.2) is 0 Å². The van der Waals surface area contributed by atoms with Crippen molar-refractivity contribution < 1.29 is 19.5 Å². The SMILES string of the molecule is CCN(CC)C(=O)C(C)NC(=O)NCC(C)CC(=O)O. The molecule has 7 nitrogen and oxygen atoms in total. The van der Waals surface area contributed by atoms with Crippen molar-refractivity contribution in [2.24, 2.45) is 5.92 Å². The zero-order valence-corrected chi connectivity index (χ0v) is 12.6. The number of nitrogens with one attached hydrogen (secondary N) is 2. The predicted octanol–water partition coefficient (Wildman–Crippen LogP) is 0.653. The second kappa shape index (κ2) is 9.17. The van der Waals surface area contributed by atoms with Gasteiger partial charge in [0.05, 0.1) is 0 Å². The van der Waals surface area contributed by atoms with E-state index in [2.05, 4.69) is 10.6 Å². The van der Waals surface area contributed by atoms with Crippen LogP contribution < -0.4 is 10.6 Å². The van der Waals surface area contributed by atoms with Gasteiger partial charge >= 0.3 is 12.0 Å². The molecule has 0 aromatic carbocycles. The summed E-state index contributed by atoms with van der Waals surface area (Å²) in [5, 5.41) is 13.7. The van der Waals surface area contributed by atoms with Crippen molar-refractivity contribution in [2.75, 3.05) is 19.6 Å². The number of carbonyl (C=O) groups excluding carboxylic acids is 2. The summed E-state index contributed by atoms with van der Waals surface area (Å²) in [4.78, 5) is 35.7. The molecule has 3 N–H and O–H groups in total. The third-order valence-electron chi connectivity index (χ3n) is 2.93. The van der Waals surface area contributed by atoms with Gasteiger partial charge in [-0.15, -0.1) is 0 Å². The van der Waals surface area contributed by atoms with Crippen LogP contribution in [-0.2, 0) is 9.59 Å². The number of nitrogens with zero attached hydrogens (tertiary/aromatic N) is 1. The minimum absolute atomic E-state index is 0.00574. The number of amides is 3. The molecule has 7 heteroatoms. The lowest BCUT2D eigenvalue weighted by Gasteiger charge is -2.23. The molecule has 0 saturated carbocycles. The van der Waals surface area contributed by atoms with E-state index in [-0.39, 0.29) is 24.8 Å². The number of hydrogen-bond donors (Lipinski definition) is 3. The highest BCUT2D eigenvalue weighted by Gasteiger charge is 2.20. The van der Waals surface area contributed by atoms with E-state index in [1.54, 1.807) is 18.7 Å². The largest absolute Gasteiger partial charge is 0.481 e. The first-order valence-corrected chi connectivity index (χ1v) is 6.86. The normalized spacial score (nSPS) is 13.2. The Morgan fingerprint density at radius 2 is 1.70 bits per heavy atom. The molecule has 0 heterocycles. The van der Waals surface area contributed by atoms with Gasteiger partial charge in [-0.1, -0.05) is 6.92 Å². The van der Waals surface area contributed by atoms with Crippen LogP contribution in [0, 0.1) is 5.92 Å². The molecule has 0 radical (unpaired) electrons. The van der Waals surface area contributed by atoms with E-state index in [9.17, 15) is 14.4 Å². The number of carbonyl (C=O) groups is 3. The topological polar surface area (TPSA) is 98.7 Å². The number of likely N-dealkylation sites (N-methyl/N-ethyl adjacent to an activating group) is 1. The number of carboxylic acid groups (broad SMARTS) is 1. The average Bonchev–Trinajstić information content (AvgIpc) is 2.36. The highest BCUT2D eigenvalue weighted by molar-refractivity contribution is 5.86. The highest BCUT2D eigenvalue weighted by Crippen LogP contribution is 1.99. The van der Waals surface area contributed by atoms with Crippen LogP contribution in [0.3, 0.4) is 0 Å². The number of rotatable bonds is 8. The zero-order chi connectivity index (χ0) is 15.7. The van der Waals surface area contributed by atoms with Crippen molar-refractivity contribution in [3.8, 4) is 0 Å². The van der Waals surface area contributed by atoms with Gasteiger partial charge in [-0.3, -0.25) is 9.59 Å². The molecule has 0 aliphatic rings. The summed E-state index contributed by atoms with van der Waals surface area (Å²) >= 11 is 0. The first-order chi connectivity index (χ1) is 9.31. The number of carboxylic acids is 1. The lowest BCUT2D eigenvalue weighted by Crippen LogP contribution is -2.50. The fourth-order valence-corrected chi connectivity index (χ4v) is 1.76. The molecule has 0 spiro atoms. The summed E-state index contributed by atoms with van der Waals surface area (Å²) in [7, 11) is 0. The summed E-state index contributed by atoms with van der Waals surface area (Å²) in [5.74, 6) is -1.19. The lowest BCUT2D eigenvalue weighted by atomic mass is 10.1. The lowest BCUT2D eigenvalue weighted by molar-refractivity contribution is -0.138. The molecule has 0 aromatic heterocycles. The molecule has 0 fully saturated rings. The Bertz CT molecular complexity index is 343. The van der Waals surface area contributed by atoms with Crippen molar-refractivity contribution in [1.82, 2.24) is 15.5 Å². The second-order valence-electron chi connectivity index (χ2n) is 4.79. The van der Waals surface area contributed by atoms with Gasteiger partial charge in [-0.25, -0.2) is 4.79 Å². The molecule has 116 valence electrons. The third kappa shape index (κ3) is 6.96. The Morgan fingerprint density at radius 3 is 2.15 bits per heavy atom. The van der Waals surface area contributed by atoms with Crippen LogP contribution in [0.4, 0.5) is 4.79 Å². The smallest absolute Gasteiger partial charge is 0.315 e. The van der Waals surface area contributed by atoms with Crippen LogP contribution in [0.5, 0.6) is 0 Å². The molecule has 2 unspecified atom stereocenters. The molecular weight excluding hydrogens is 262 g/mol. The van der Waals surface area contributed by atoms with Crippen molar-refractivity contribution in [2.45, 2.75) is 40.2 Å². The van der Waals surface area contributed by atoms with Crippen LogP contribution in [0.1, 0.15) is 34.1 Å². The van der Waals surface area contributed by atoms with E-state index in [1.165, 1.54) is 0 Å². The molecule has 20 heavy (non-hydrogen) atoms. The van der Waals surface area contributed by atoms with Gasteiger partial charge in [-0.05, 0) is 26.7 Å². The van der Waals surface area contributed by atoms with Crippen molar-refractivity contribution in [1.29, 1.82) is 0 Å². The molecule has 0 bridgehead atoms. The van der Waals surface area contributed by atoms with E-state index in [0.717, 1.165) is 0 Å². The zero-order valence-electron chi connectivity index (χ0n) is 12.6. The molecule has 0 saturated heterocycles. The van der Waals surface area contributed by atoms with Gasteiger partial charge in [0.25, 0.3) is 0 Å². The Balaban J connectivity index is 4.13. The Morgan fingerprint density at radius 1 is 1.15 bits per heavy atom. The van der Waals surface area contributed by atoms with Crippen molar-refractivity contribution in [3.05, 3.63) is 0 Å². The number of urea groups is 1. The van der Waals surface area contributed by atoms with E-state index < -0.39 is 18.0 Å². The maximum Gasteiger partial charge on any atom is 0.315 e. The van der Waals surface area contributed by atoms with Crippen LogP contribution >= 0.6 is 0 Å². The summed E-state index contributed by atoms with van der Waals surface area (Å²) in [6, 6.07) is -1.07. The first kappa shape index (κ1) is 18.2. The number of hydrogen-bond acceptors (Lipinski definition) is 3. The van der Waals surface area contributed by atoms with Crippen LogP contribution in [-0.4, -0.2) is 53.6 Å². The van der Waals surface area contributed by atoms with E-state index >= 15 is 0 Å². The molecule has 0 aliphatic heterocycles. The summed E-state index contributed by atoms with van der Waals surface area (Å²) in [6.07, 6.45) is -0.00574. The van der Waals surface area contributed by atoms with Gasteiger partial charge in [-0.2, -0.15) is 0 Å². The fraction of sp³-hybridized carbons (Fsp3) is 0.769. The minimum atomic E-state index is -0.898. The van der Waals surface area contributed by atoms with E-state index in [0.29, 0.717) is 13.1 Å². The van der Waals surface area contributed by atoms with Gasteiger partial charge in [0.1, 0.15) is 6.04 Å². The monoisotopic (exact) mass is 287 g/mol. The predicted molar refractivity (Wildman–Crippen MR) is 75.3 cm³/mol. The van der Waals surface area contributed by atoms with Crippen molar-refractivity contribution in [3.63, 3.8) is 0 Å². The minimum Gasteiger partial charge on any atom is -0.481 e. The van der Waals surface area contributed by atoms with Gasteiger partial charge in [0, 0.05) is 26.1 Å². The van der Waals surface area contributed by atoms with Gasteiger partial charge < -0.3 is 20.6 Å². The Kier molecular flexibility index (Phi) is 8.35. The average molecular weight is 287 g/mol. The molecule has 0 aromatic rings. The van der Waals surface area contributed by atoms with Crippen molar-refractivity contribution >= 4 is 17.9 Å². The molecule has 0 aliphatic carbocycles. The Hall–Kier alpha value is -1.79. The number of aliphatic carboxylic acids is 1. The molecule has 2 atom stereocenters.